The normalized spacial score (nSPS) is 13.9. The summed E-state index contributed by atoms with van der Waals surface area (Å²) >= 11 is 0. The molecule has 0 radical (unpaired) electrons. The smallest absolute Gasteiger partial charge is 0.249 e. The van der Waals surface area contributed by atoms with Crippen LogP contribution in [0.5, 0.6) is 0 Å². The Labute approximate surface area is 381 Å². The summed E-state index contributed by atoms with van der Waals surface area (Å²) in [4.78, 5) is 12.6. The molecule has 0 saturated carbocycles. The van der Waals surface area contributed by atoms with Crippen molar-refractivity contribution < 1.29 is 25.2 Å². The van der Waals surface area contributed by atoms with Crippen molar-refractivity contribution in [3.8, 4) is 0 Å². The molecule has 0 saturated heterocycles. The van der Waals surface area contributed by atoms with Gasteiger partial charge in [-0.2, -0.15) is 0 Å². The molecule has 61 heavy (non-hydrogen) atoms. The van der Waals surface area contributed by atoms with Crippen LogP contribution in [0.15, 0.2) is 12.2 Å². The molecule has 1 amide bonds. The highest BCUT2D eigenvalue weighted by molar-refractivity contribution is 5.80. The molecule has 0 fully saturated rings. The molecule has 0 aromatic heterocycles. The van der Waals surface area contributed by atoms with E-state index in [1.807, 2.05) is 0 Å². The number of rotatable bonds is 51. The van der Waals surface area contributed by atoms with Crippen molar-refractivity contribution in [1.29, 1.82) is 0 Å². The third kappa shape index (κ3) is 44.1. The molecule has 0 aliphatic heterocycles. The van der Waals surface area contributed by atoms with Crippen LogP contribution < -0.4 is 5.32 Å². The number of carbonyl (C=O) groups excluding carboxylic acids is 1. The van der Waals surface area contributed by atoms with E-state index in [9.17, 15) is 25.2 Å². The average Bonchev–Trinajstić information content (AvgIpc) is 3.26. The van der Waals surface area contributed by atoms with Crippen LogP contribution in [0.25, 0.3) is 0 Å². The molecule has 0 bridgehead atoms. The molecule has 6 heteroatoms. The van der Waals surface area contributed by atoms with Gasteiger partial charge in [0.1, 0.15) is 12.2 Å². The van der Waals surface area contributed by atoms with Gasteiger partial charge in [-0.3, -0.25) is 4.79 Å². The Morgan fingerprint density at radius 3 is 0.984 bits per heavy atom. The summed E-state index contributed by atoms with van der Waals surface area (Å²) in [6, 6.07) is -0.998. The van der Waals surface area contributed by atoms with Gasteiger partial charge >= 0.3 is 0 Å². The summed E-state index contributed by atoms with van der Waals surface area (Å²) in [5.41, 5.74) is 0. The first-order valence-corrected chi connectivity index (χ1v) is 27.6. The summed E-state index contributed by atoms with van der Waals surface area (Å²) in [6.07, 6.45) is 58.5. The van der Waals surface area contributed by atoms with Crippen LogP contribution in [0.4, 0.5) is 0 Å². The fraction of sp³-hybridized carbons (Fsp3) is 0.945. The molecule has 5 N–H and O–H groups in total. The Morgan fingerprint density at radius 2 is 0.672 bits per heavy atom. The van der Waals surface area contributed by atoms with Crippen LogP contribution in [0.2, 0.25) is 0 Å². The van der Waals surface area contributed by atoms with E-state index >= 15 is 0 Å². The summed E-state index contributed by atoms with van der Waals surface area (Å²) < 4.78 is 0. The van der Waals surface area contributed by atoms with Gasteiger partial charge in [0.05, 0.1) is 18.8 Å². The monoisotopic (exact) mass is 864 g/mol. The predicted octanol–water partition coefficient (Wildman–Crippen LogP) is 15.7. The molecular formula is C55H109NO5. The summed E-state index contributed by atoms with van der Waals surface area (Å²) in [7, 11) is 0. The molecule has 6 nitrogen and oxygen atoms in total. The molecule has 0 aliphatic rings. The van der Waals surface area contributed by atoms with Crippen LogP contribution in [-0.2, 0) is 4.79 Å². The number of unbranched alkanes of at least 4 members (excludes halogenated alkanes) is 40. The number of nitrogens with one attached hydrogen (secondary N) is 1. The molecular weight excluding hydrogens is 755 g/mol. The zero-order valence-corrected chi connectivity index (χ0v) is 41.2. The van der Waals surface area contributed by atoms with Gasteiger partial charge in [-0.25, -0.2) is 0 Å². The standard InChI is InChI=1S/C55H109NO5/c1-3-5-7-9-11-13-15-17-19-21-22-23-24-25-26-27-28-29-30-31-33-34-36-38-40-42-44-46-48-52(58)54(60)51(50-57)56-55(61)53(59)49-47-45-43-41-39-37-35-32-20-18-16-14-12-10-8-6-4-2/h40,42,51-54,57-60H,3-39,41,43-50H2,1-2H3,(H,56,61)/b42-40+. The highest BCUT2D eigenvalue weighted by Gasteiger charge is 2.28. The van der Waals surface area contributed by atoms with Crippen molar-refractivity contribution in [1.82, 2.24) is 5.32 Å². The third-order valence-corrected chi connectivity index (χ3v) is 13.2. The van der Waals surface area contributed by atoms with Gasteiger partial charge < -0.3 is 25.7 Å². The lowest BCUT2D eigenvalue weighted by molar-refractivity contribution is -0.132. The molecule has 0 heterocycles. The second kappa shape index (κ2) is 50.1. The van der Waals surface area contributed by atoms with Gasteiger partial charge in [0.25, 0.3) is 0 Å². The second-order valence-electron chi connectivity index (χ2n) is 19.3. The Balaban J connectivity index is 3.62. The summed E-state index contributed by atoms with van der Waals surface area (Å²) in [6.45, 7) is 4.08. The number of carbonyl (C=O) groups is 1. The predicted molar refractivity (Wildman–Crippen MR) is 265 cm³/mol. The van der Waals surface area contributed by atoms with Gasteiger partial charge in [-0.1, -0.05) is 276 Å². The van der Waals surface area contributed by atoms with Gasteiger partial charge in [-0.15, -0.1) is 0 Å². The van der Waals surface area contributed by atoms with E-state index in [0.29, 0.717) is 12.8 Å². The maximum absolute atomic E-state index is 12.6. The Hall–Kier alpha value is -0.950. The number of allylic oxidation sites excluding steroid dienone is 2. The topological polar surface area (TPSA) is 110 Å². The third-order valence-electron chi connectivity index (χ3n) is 13.2. The molecule has 4 atom stereocenters. The number of hydrogen-bond acceptors (Lipinski definition) is 5. The molecule has 0 aliphatic carbocycles. The lowest BCUT2D eigenvalue weighted by atomic mass is 10.00. The minimum absolute atomic E-state index is 0.368. The van der Waals surface area contributed by atoms with Crippen molar-refractivity contribution in [3.05, 3.63) is 12.2 Å². The van der Waals surface area contributed by atoms with Crippen LogP contribution in [-0.4, -0.2) is 57.3 Å². The number of hydrogen-bond donors (Lipinski definition) is 5. The number of amides is 1. The maximum atomic E-state index is 12.6. The quantitative estimate of drug-likeness (QED) is 0.0309. The van der Waals surface area contributed by atoms with E-state index in [1.54, 1.807) is 0 Å². The van der Waals surface area contributed by atoms with Crippen LogP contribution in [0, 0.1) is 0 Å². The first-order valence-electron chi connectivity index (χ1n) is 27.6. The van der Waals surface area contributed by atoms with Gasteiger partial charge in [0.2, 0.25) is 5.91 Å². The lowest BCUT2D eigenvalue weighted by Gasteiger charge is -2.27. The molecule has 364 valence electrons. The molecule has 0 aromatic carbocycles. The molecule has 0 rings (SSSR count). The largest absolute Gasteiger partial charge is 0.394 e. The zero-order valence-electron chi connectivity index (χ0n) is 41.2. The van der Waals surface area contributed by atoms with Crippen LogP contribution in [0.1, 0.15) is 303 Å². The zero-order chi connectivity index (χ0) is 44.5. The summed E-state index contributed by atoms with van der Waals surface area (Å²) in [5.74, 6) is -0.588. The van der Waals surface area contributed by atoms with Gasteiger partial charge in [0, 0.05) is 0 Å². The van der Waals surface area contributed by atoms with E-state index < -0.39 is 36.9 Å². The minimum atomic E-state index is -1.28. The van der Waals surface area contributed by atoms with Crippen LogP contribution >= 0.6 is 0 Å². The van der Waals surface area contributed by atoms with Gasteiger partial charge in [0.15, 0.2) is 0 Å². The SMILES string of the molecule is CCCCCCCCCCCCCCCCCCCCCCCCC/C=C/CCCC(O)C(O)C(CO)NC(=O)C(O)CCCCCCCCCCCCCCCCCCC. The first-order chi connectivity index (χ1) is 30.0. The van der Waals surface area contributed by atoms with Crippen molar-refractivity contribution in [2.24, 2.45) is 0 Å². The van der Waals surface area contributed by atoms with Gasteiger partial charge in [-0.05, 0) is 38.5 Å². The van der Waals surface area contributed by atoms with E-state index in [1.165, 1.54) is 238 Å². The highest BCUT2D eigenvalue weighted by atomic mass is 16.3. The number of aliphatic hydroxyl groups excluding tert-OH is 4. The minimum Gasteiger partial charge on any atom is -0.394 e. The average molecular weight is 864 g/mol. The van der Waals surface area contributed by atoms with E-state index in [4.69, 9.17) is 0 Å². The Bertz CT molecular complexity index is 882. The second-order valence-corrected chi connectivity index (χ2v) is 19.3. The Morgan fingerprint density at radius 1 is 0.393 bits per heavy atom. The van der Waals surface area contributed by atoms with E-state index in [-0.39, 0.29) is 0 Å². The molecule has 0 aromatic rings. The highest BCUT2D eigenvalue weighted by Crippen LogP contribution is 2.18. The fourth-order valence-electron chi connectivity index (χ4n) is 8.88. The molecule has 0 spiro atoms. The number of aliphatic hydroxyl groups is 4. The molecule has 4 unspecified atom stereocenters. The van der Waals surface area contributed by atoms with Crippen molar-refractivity contribution in [3.63, 3.8) is 0 Å². The maximum Gasteiger partial charge on any atom is 0.249 e. The van der Waals surface area contributed by atoms with Crippen LogP contribution in [0.3, 0.4) is 0 Å². The Kier molecular flexibility index (Phi) is 49.3. The van der Waals surface area contributed by atoms with Crippen molar-refractivity contribution in [2.45, 2.75) is 327 Å². The van der Waals surface area contributed by atoms with Crippen molar-refractivity contribution >= 4 is 5.91 Å². The fourth-order valence-corrected chi connectivity index (χ4v) is 8.88. The van der Waals surface area contributed by atoms with E-state index in [0.717, 1.165) is 38.5 Å². The van der Waals surface area contributed by atoms with E-state index in [2.05, 4.69) is 31.3 Å². The first kappa shape index (κ1) is 60.1. The summed E-state index contributed by atoms with van der Waals surface area (Å²) in [5, 5.41) is 43.9. The lowest BCUT2D eigenvalue weighted by Crippen LogP contribution is -2.53. The van der Waals surface area contributed by atoms with Crippen molar-refractivity contribution in [2.75, 3.05) is 6.61 Å².